The SMILES string of the molecule is COc1ccccc1N1CCN(CC[C@@H](c2ccccc2F)C(C2CCCCC2)[C@H](N)c2ccco2)CC1. The van der Waals surface area contributed by atoms with Crippen LogP contribution in [0.1, 0.15) is 61.8 Å². The molecular weight excluding hydrogens is 477 g/mol. The molecule has 5 nitrogen and oxygen atoms in total. The molecule has 2 heterocycles. The molecule has 1 saturated heterocycles. The lowest BCUT2D eigenvalue weighted by molar-refractivity contribution is 0.151. The first-order valence-electron chi connectivity index (χ1n) is 14.3. The number of nitrogens with two attached hydrogens (primary N) is 1. The van der Waals surface area contributed by atoms with Gasteiger partial charge in [0.2, 0.25) is 0 Å². The largest absolute Gasteiger partial charge is 0.495 e. The van der Waals surface area contributed by atoms with Crippen molar-refractivity contribution in [1.82, 2.24) is 4.90 Å². The number of halogens is 1. The van der Waals surface area contributed by atoms with Crippen LogP contribution in [0.25, 0.3) is 0 Å². The van der Waals surface area contributed by atoms with Gasteiger partial charge in [0.1, 0.15) is 17.3 Å². The molecule has 0 radical (unpaired) electrons. The second kappa shape index (κ2) is 12.8. The molecule has 0 bridgehead atoms. The lowest BCUT2D eigenvalue weighted by atomic mass is 9.67. The van der Waals surface area contributed by atoms with Gasteiger partial charge in [-0.2, -0.15) is 0 Å². The zero-order valence-corrected chi connectivity index (χ0v) is 22.6. The number of anilines is 1. The Hall–Kier alpha value is -2.83. The fraction of sp³-hybridized carbons (Fsp3) is 0.500. The monoisotopic (exact) mass is 519 g/mol. The van der Waals surface area contributed by atoms with E-state index in [2.05, 4.69) is 21.9 Å². The average molecular weight is 520 g/mol. The summed E-state index contributed by atoms with van der Waals surface area (Å²) in [6, 6.07) is 19.2. The van der Waals surface area contributed by atoms with E-state index in [0.717, 1.165) is 74.7 Å². The lowest BCUT2D eigenvalue weighted by Crippen LogP contribution is -2.47. The lowest BCUT2D eigenvalue weighted by Gasteiger charge is -2.41. The summed E-state index contributed by atoms with van der Waals surface area (Å²) in [4.78, 5) is 4.93. The van der Waals surface area contributed by atoms with Crippen molar-refractivity contribution in [3.63, 3.8) is 0 Å². The van der Waals surface area contributed by atoms with Crippen molar-refractivity contribution < 1.29 is 13.5 Å². The first-order chi connectivity index (χ1) is 18.7. The number of ether oxygens (including phenoxy) is 1. The number of rotatable bonds is 10. The van der Waals surface area contributed by atoms with E-state index in [9.17, 15) is 0 Å². The molecule has 1 unspecified atom stereocenters. The van der Waals surface area contributed by atoms with E-state index in [-0.39, 0.29) is 23.7 Å². The first kappa shape index (κ1) is 26.8. The first-order valence-corrected chi connectivity index (χ1v) is 14.3. The van der Waals surface area contributed by atoms with E-state index < -0.39 is 0 Å². The van der Waals surface area contributed by atoms with Crippen LogP contribution in [-0.2, 0) is 0 Å². The fourth-order valence-corrected chi connectivity index (χ4v) is 6.82. The molecule has 2 fully saturated rings. The van der Waals surface area contributed by atoms with Gasteiger partial charge in [-0.25, -0.2) is 4.39 Å². The van der Waals surface area contributed by atoms with E-state index in [1.54, 1.807) is 25.5 Å². The number of methoxy groups -OCH3 is 1. The van der Waals surface area contributed by atoms with E-state index >= 15 is 4.39 Å². The van der Waals surface area contributed by atoms with Crippen molar-refractivity contribution in [1.29, 1.82) is 0 Å². The Morgan fingerprint density at radius 1 is 0.947 bits per heavy atom. The molecule has 204 valence electrons. The summed E-state index contributed by atoms with van der Waals surface area (Å²) in [7, 11) is 1.73. The zero-order chi connectivity index (χ0) is 26.3. The number of hydrogen-bond acceptors (Lipinski definition) is 5. The Labute approximate surface area is 226 Å². The predicted octanol–water partition coefficient (Wildman–Crippen LogP) is 6.62. The Bertz CT molecular complexity index is 1120. The summed E-state index contributed by atoms with van der Waals surface area (Å²) in [6.07, 6.45) is 8.61. The number of nitrogens with zero attached hydrogens (tertiary/aromatic N) is 2. The number of para-hydroxylation sites is 2. The molecule has 5 rings (SSSR count). The highest BCUT2D eigenvalue weighted by atomic mass is 19.1. The highest BCUT2D eigenvalue weighted by molar-refractivity contribution is 5.58. The van der Waals surface area contributed by atoms with Gasteiger partial charge < -0.3 is 19.8 Å². The van der Waals surface area contributed by atoms with Crippen LogP contribution in [0.15, 0.2) is 71.3 Å². The topological polar surface area (TPSA) is 54.9 Å². The molecule has 38 heavy (non-hydrogen) atoms. The third-order valence-corrected chi connectivity index (χ3v) is 8.80. The van der Waals surface area contributed by atoms with Crippen molar-refractivity contribution in [3.05, 3.63) is 84.1 Å². The van der Waals surface area contributed by atoms with Gasteiger partial charge in [-0.15, -0.1) is 0 Å². The van der Waals surface area contributed by atoms with Crippen LogP contribution >= 0.6 is 0 Å². The van der Waals surface area contributed by atoms with Crippen molar-refractivity contribution in [2.45, 2.75) is 50.5 Å². The van der Waals surface area contributed by atoms with Crippen LogP contribution in [-0.4, -0.2) is 44.7 Å². The van der Waals surface area contributed by atoms with Crippen LogP contribution in [0.2, 0.25) is 0 Å². The Morgan fingerprint density at radius 3 is 2.39 bits per heavy atom. The maximum atomic E-state index is 15.4. The summed E-state index contributed by atoms with van der Waals surface area (Å²) in [5.41, 5.74) is 8.93. The molecule has 1 aromatic heterocycles. The third kappa shape index (κ3) is 6.08. The van der Waals surface area contributed by atoms with E-state index in [1.807, 2.05) is 36.4 Å². The molecule has 3 aromatic rings. The van der Waals surface area contributed by atoms with Crippen molar-refractivity contribution >= 4 is 5.69 Å². The molecule has 2 aliphatic rings. The van der Waals surface area contributed by atoms with Crippen LogP contribution in [0.5, 0.6) is 5.75 Å². The van der Waals surface area contributed by atoms with Gasteiger partial charge >= 0.3 is 0 Å². The summed E-state index contributed by atoms with van der Waals surface area (Å²) < 4.78 is 26.7. The number of piperazine rings is 1. The minimum atomic E-state index is -0.250. The predicted molar refractivity (Wildman–Crippen MR) is 151 cm³/mol. The molecule has 1 saturated carbocycles. The second-order valence-electron chi connectivity index (χ2n) is 10.9. The highest BCUT2D eigenvalue weighted by Gasteiger charge is 2.38. The summed E-state index contributed by atoms with van der Waals surface area (Å²) in [6.45, 7) is 4.76. The second-order valence-corrected chi connectivity index (χ2v) is 10.9. The van der Waals surface area contributed by atoms with E-state index in [4.69, 9.17) is 14.9 Å². The van der Waals surface area contributed by atoms with Gasteiger partial charge in [0, 0.05) is 26.2 Å². The molecular formula is C32H42FN3O2. The van der Waals surface area contributed by atoms with Gasteiger partial charge in [0.05, 0.1) is 25.1 Å². The van der Waals surface area contributed by atoms with Gasteiger partial charge in [-0.3, -0.25) is 4.90 Å². The molecule has 1 aliphatic heterocycles. The molecule has 2 N–H and O–H groups in total. The quantitative estimate of drug-likeness (QED) is 0.326. The van der Waals surface area contributed by atoms with Crippen molar-refractivity contribution in [3.8, 4) is 5.75 Å². The van der Waals surface area contributed by atoms with Crippen molar-refractivity contribution in [2.75, 3.05) is 44.7 Å². The van der Waals surface area contributed by atoms with Crippen LogP contribution in [0, 0.1) is 17.7 Å². The van der Waals surface area contributed by atoms with Gasteiger partial charge in [0.15, 0.2) is 0 Å². The van der Waals surface area contributed by atoms with Gasteiger partial charge in [-0.1, -0.05) is 62.4 Å². The van der Waals surface area contributed by atoms with E-state index in [1.165, 1.54) is 19.3 Å². The van der Waals surface area contributed by atoms with Crippen molar-refractivity contribution in [2.24, 2.45) is 17.6 Å². The van der Waals surface area contributed by atoms with Crippen LogP contribution < -0.4 is 15.4 Å². The number of hydrogen-bond donors (Lipinski definition) is 1. The summed E-state index contributed by atoms with van der Waals surface area (Å²) in [5.74, 6) is 2.25. The number of furan rings is 1. The normalized spacial score (nSPS) is 19.7. The summed E-state index contributed by atoms with van der Waals surface area (Å²) >= 11 is 0. The fourth-order valence-electron chi connectivity index (χ4n) is 6.82. The highest BCUT2D eigenvalue weighted by Crippen LogP contribution is 2.46. The zero-order valence-electron chi connectivity index (χ0n) is 22.6. The third-order valence-electron chi connectivity index (χ3n) is 8.80. The van der Waals surface area contributed by atoms with E-state index in [0.29, 0.717) is 5.92 Å². The minimum absolute atomic E-state index is 0.0339. The smallest absolute Gasteiger partial charge is 0.142 e. The minimum Gasteiger partial charge on any atom is -0.495 e. The Morgan fingerprint density at radius 2 is 1.68 bits per heavy atom. The van der Waals surface area contributed by atoms with Crippen LogP contribution in [0.3, 0.4) is 0 Å². The van der Waals surface area contributed by atoms with Gasteiger partial charge in [0.25, 0.3) is 0 Å². The van der Waals surface area contributed by atoms with Gasteiger partial charge in [-0.05, 0) is 66.6 Å². The Kier molecular flexibility index (Phi) is 9.02. The number of benzene rings is 2. The average Bonchev–Trinajstić information content (AvgIpc) is 3.52. The molecule has 2 aromatic carbocycles. The molecule has 6 heteroatoms. The molecule has 0 amide bonds. The standard InChI is InChI=1S/C32H42FN3O2/c1-37-29-15-8-7-14-28(29)36-21-19-35(20-22-36)18-17-26(25-12-5-6-13-27(25)33)31(24-10-3-2-4-11-24)32(34)30-16-9-23-38-30/h5-9,12-16,23-24,26,31-32H,2-4,10-11,17-22,34H2,1H3/t26-,31?,32+/m0/s1. The maximum Gasteiger partial charge on any atom is 0.142 e. The maximum absolute atomic E-state index is 15.4. The molecule has 3 atom stereocenters. The summed E-state index contributed by atoms with van der Waals surface area (Å²) in [5, 5.41) is 0. The molecule has 0 spiro atoms. The Balaban J connectivity index is 1.34. The van der Waals surface area contributed by atoms with Crippen LogP contribution in [0.4, 0.5) is 10.1 Å². The molecule has 1 aliphatic carbocycles.